The van der Waals surface area contributed by atoms with Crippen molar-refractivity contribution in [2.75, 3.05) is 0 Å². The van der Waals surface area contributed by atoms with Crippen molar-refractivity contribution in [1.29, 1.82) is 0 Å². The molecule has 0 N–H and O–H groups in total. The molecule has 0 unspecified atom stereocenters. The molecule has 1 aromatic carbocycles. The fraction of sp³-hybridized carbons (Fsp3) is 0.167. The van der Waals surface area contributed by atoms with Crippen LogP contribution in [0.25, 0.3) is 11.3 Å². The molecule has 0 aliphatic rings. The number of aryl methyl sites for hydroxylation is 2. The predicted octanol–water partition coefficient (Wildman–Crippen LogP) is 3.55. The zero-order valence-electron chi connectivity index (χ0n) is 8.96. The quantitative estimate of drug-likeness (QED) is 0.757. The third-order valence-electron chi connectivity index (χ3n) is 2.29. The van der Waals surface area contributed by atoms with E-state index in [1.165, 1.54) is 18.5 Å². The van der Waals surface area contributed by atoms with Gasteiger partial charge in [-0.25, -0.2) is 9.37 Å². The van der Waals surface area contributed by atoms with E-state index in [1.807, 2.05) is 19.9 Å². The van der Waals surface area contributed by atoms with E-state index >= 15 is 0 Å². The topological polar surface area (TPSA) is 25.8 Å². The highest BCUT2D eigenvalue weighted by atomic mass is 35.5. The molecule has 0 aliphatic heterocycles. The summed E-state index contributed by atoms with van der Waals surface area (Å²) in [5.41, 5.74) is 2.63. The van der Waals surface area contributed by atoms with Gasteiger partial charge in [0.05, 0.1) is 18.1 Å². The molecule has 1 aromatic heterocycles. The van der Waals surface area contributed by atoms with Gasteiger partial charge in [0.1, 0.15) is 11.0 Å². The number of benzene rings is 1. The van der Waals surface area contributed by atoms with Gasteiger partial charge in [0.2, 0.25) is 0 Å². The number of hydrogen-bond acceptors (Lipinski definition) is 2. The largest absolute Gasteiger partial charge is 0.259 e. The van der Waals surface area contributed by atoms with Gasteiger partial charge in [-0.1, -0.05) is 17.7 Å². The first kappa shape index (κ1) is 11.0. The summed E-state index contributed by atoms with van der Waals surface area (Å²) in [6.45, 7) is 3.69. The van der Waals surface area contributed by atoms with Crippen LogP contribution in [0.3, 0.4) is 0 Å². The maximum Gasteiger partial charge on any atom is 0.148 e. The minimum absolute atomic E-state index is 0.261. The van der Waals surface area contributed by atoms with E-state index in [0.717, 1.165) is 11.1 Å². The third kappa shape index (κ3) is 2.04. The average molecular weight is 237 g/mol. The Hall–Kier alpha value is -1.48. The van der Waals surface area contributed by atoms with Crippen molar-refractivity contribution in [3.63, 3.8) is 0 Å². The van der Waals surface area contributed by atoms with Crippen molar-refractivity contribution in [1.82, 2.24) is 9.97 Å². The van der Waals surface area contributed by atoms with Gasteiger partial charge in [0.15, 0.2) is 0 Å². The molecule has 82 valence electrons. The van der Waals surface area contributed by atoms with Crippen molar-refractivity contribution in [3.05, 3.63) is 46.6 Å². The Morgan fingerprint density at radius 1 is 1.19 bits per heavy atom. The molecule has 2 rings (SSSR count). The van der Waals surface area contributed by atoms with Crippen LogP contribution in [-0.4, -0.2) is 9.97 Å². The Kier molecular flexibility index (Phi) is 2.88. The van der Waals surface area contributed by atoms with Gasteiger partial charge >= 0.3 is 0 Å². The average Bonchev–Trinajstić information content (AvgIpc) is 2.15. The van der Waals surface area contributed by atoms with E-state index in [4.69, 9.17) is 11.6 Å². The Morgan fingerprint density at radius 3 is 2.56 bits per heavy atom. The first-order valence-electron chi connectivity index (χ1n) is 4.82. The Balaban J connectivity index is 2.64. The van der Waals surface area contributed by atoms with Crippen molar-refractivity contribution < 1.29 is 4.39 Å². The maximum absolute atomic E-state index is 13.8. The first-order chi connectivity index (χ1) is 7.58. The fourth-order valence-electron chi connectivity index (χ4n) is 1.70. The lowest BCUT2D eigenvalue weighted by molar-refractivity contribution is 0.628. The van der Waals surface area contributed by atoms with Gasteiger partial charge in [-0.2, -0.15) is 0 Å². The number of nitrogens with zero attached hydrogens (tertiary/aromatic N) is 2. The van der Waals surface area contributed by atoms with Crippen LogP contribution < -0.4 is 0 Å². The molecule has 1 heterocycles. The van der Waals surface area contributed by atoms with Crippen LogP contribution in [-0.2, 0) is 0 Å². The third-order valence-corrected chi connectivity index (χ3v) is 2.48. The molecule has 0 saturated heterocycles. The maximum atomic E-state index is 13.8. The van der Waals surface area contributed by atoms with Crippen LogP contribution in [0.5, 0.6) is 0 Å². The van der Waals surface area contributed by atoms with E-state index in [9.17, 15) is 4.39 Å². The first-order valence-corrected chi connectivity index (χ1v) is 5.20. The highest BCUT2D eigenvalue weighted by Gasteiger charge is 2.11. The molecule has 0 amide bonds. The van der Waals surface area contributed by atoms with Crippen LogP contribution in [0.1, 0.15) is 11.1 Å². The Morgan fingerprint density at radius 2 is 1.94 bits per heavy atom. The molecule has 0 atom stereocenters. The lowest BCUT2D eigenvalue weighted by atomic mass is 10.0. The molecule has 2 nitrogen and oxygen atoms in total. The molecule has 0 aliphatic carbocycles. The summed E-state index contributed by atoms with van der Waals surface area (Å²) >= 11 is 5.73. The summed E-state index contributed by atoms with van der Waals surface area (Å²) in [4.78, 5) is 7.96. The Bertz CT molecular complexity index is 517. The number of halogens is 2. The van der Waals surface area contributed by atoms with Crippen LogP contribution in [0, 0.1) is 19.7 Å². The number of hydrogen-bond donors (Lipinski definition) is 0. The van der Waals surface area contributed by atoms with Crippen LogP contribution in [0.2, 0.25) is 5.15 Å². The molecule has 0 bridgehead atoms. The van der Waals surface area contributed by atoms with E-state index in [0.29, 0.717) is 11.3 Å². The summed E-state index contributed by atoms with van der Waals surface area (Å²) in [5.74, 6) is -0.297. The predicted molar refractivity (Wildman–Crippen MR) is 61.9 cm³/mol. The van der Waals surface area contributed by atoms with Gasteiger partial charge in [0.25, 0.3) is 0 Å². The zero-order valence-corrected chi connectivity index (χ0v) is 9.72. The van der Waals surface area contributed by atoms with E-state index in [1.54, 1.807) is 0 Å². The van der Waals surface area contributed by atoms with Crippen LogP contribution >= 0.6 is 11.6 Å². The zero-order chi connectivity index (χ0) is 11.7. The summed E-state index contributed by atoms with van der Waals surface area (Å²) in [5, 5.41) is 0.261. The minimum atomic E-state index is -0.297. The second-order valence-corrected chi connectivity index (χ2v) is 4.05. The molecule has 0 fully saturated rings. The SMILES string of the molecule is Cc1cc(C)c(-c2cncc(Cl)n2)c(F)c1. The molecule has 0 spiro atoms. The second kappa shape index (κ2) is 4.18. The van der Waals surface area contributed by atoms with Gasteiger partial charge in [0, 0.05) is 5.56 Å². The standard InChI is InChI=1S/C12H10ClFN2/c1-7-3-8(2)12(9(14)4-7)10-5-15-6-11(13)16-10/h3-6H,1-2H3. The summed E-state index contributed by atoms with van der Waals surface area (Å²) in [7, 11) is 0. The fourth-order valence-corrected chi connectivity index (χ4v) is 1.85. The summed E-state index contributed by atoms with van der Waals surface area (Å²) < 4.78 is 13.8. The van der Waals surface area contributed by atoms with Gasteiger partial charge in [-0.05, 0) is 31.0 Å². The Labute approximate surface area is 98.1 Å². The summed E-state index contributed by atoms with van der Waals surface area (Å²) in [6.07, 6.45) is 2.93. The van der Waals surface area contributed by atoms with Crippen LogP contribution in [0.15, 0.2) is 24.5 Å². The van der Waals surface area contributed by atoms with Crippen LogP contribution in [0.4, 0.5) is 4.39 Å². The number of aromatic nitrogens is 2. The van der Waals surface area contributed by atoms with Crippen molar-refractivity contribution in [2.24, 2.45) is 0 Å². The monoisotopic (exact) mass is 236 g/mol. The number of rotatable bonds is 1. The molecule has 2 aromatic rings. The normalized spacial score (nSPS) is 10.5. The van der Waals surface area contributed by atoms with E-state index in [2.05, 4.69) is 9.97 Å². The van der Waals surface area contributed by atoms with Gasteiger partial charge in [-0.15, -0.1) is 0 Å². The van der Waals surface area contributed by atoms with Gasteiger partial charge < -0.3 is 0 Å². The van der Waals surface area contributed by atoms with Gasteiger partial charge in [-0.3, -0.25) is 4.98 Å². The van der Waals surface area contributed by atoms with Crippen molar-refractivity contribution >= 4 is 11.6 Å². The van der Waals surface area contributed by atoms with Crippen molar-refractivity contribution in [3.8, 4) is 11.3 Å². The van der Waals surface area contributed by atoms with E-state index < -0.39 is 0 Å². The smallest absolute Gasteiger partial charge is 0.148 e. The highest BCUT2D eigenvalue weighted by molar-refractivity contribution is 6.29. The molecule has 0 radical (unpaired) electrons. The second-order valence-electron chi connectivity index (χ2n) is 3.67. The lowest BCUT2D eigenvalue weighted by Crippen LogP contribution is -1.94. The molecule has 0 saturated carbocycles. The minimum Gasteiger partial charge on any atom is -0.259 e. The van der Waals surface area contributed by atoms with Crippen molar-refractivity contribution in [2.45, 2.75) is 13.8 Å². The lowest BCUT2D eigenvalue weighted by Gasteiger charge is -2.07. The summed E-state index contributed by atoms with van der Waals surface area (Å²) in [6, 6.07) is 3.38. The molecular weight excluding hydrogens is 227 g/mol. The molecule has 16 heavy (non-hydrogen) atoms. The highest BCUT2D eigenvalue weighted by Crippen LogP contribution is 2.26. The molecule has 4 heteroatoms. The van der Waals surface area contributed by atoms with E-state index in [-0.39, 0.29) is 11.0 Å². The molecular formula is C12H10ClFN2.